The van der Waals surface area contributed by atoms with Crippen LogP contribution in [0.2, 0.25) is 0 Å². The predicted molar refractivity (Wildman–Crippen MR) is 24.2 cm³/mol. The van der Waals surface area contributed by atoms with Crippen LogP contribution in [0, 0.1) is 6.73 Å². The van der Waals surface area contributed by atoms with Crippen molar-refractivity contribution >= 4 is 0 Å². The maximum absolute atomic E-state index is 4.84. The van der Waals surface area contributed by atoms with E-state index in [1.807, 2.05) is 0 Å². The Morgan fingerprint density at radius 2 is 2.86 bits per heavy atom. The molecule has 1 atom stereocenters. The summed E-state index contributed by atoms with van der Waals surface area (Å²) < 4.78 is 9.64. The largest absolute Gasteiger partial charge is 0.354 e. The van der Waals surface area contributed by atoms with Gasteiger partial charge in [-0.15, -0.1) is 0 Å². The highest BCUT2D eigenvalue weighted by atomic mass is 16.7. The number of hydrogen-bond donors (Lipinski definition) is 1. The summed E-state index contributed by atoms with van der Waals surface area (Å²) in [6.45, 7) is 2.30. The molecule has 0 aliphatic carbocycles. The van der Waals surface area contributed by atoms with Crippen molar-refractivity contribution in [2.75, 3.05) is 13.7 Å². The van der Waals surface area contributed by atoms with Gasteiger partial charge in [0.1, 0.15) is 0 Å². The van der Waals surface area contributed by atoms with Gasteiger partial charge in [-0.05, 0) is 0 Å². The molecule has 1 radical (unpaired) electrons. The van der Waals surface area contributed by atoms with Gasteiger partial charge in [-0.25, -0.2) is 0 Å². The van der Waals surface area contributed by atoms with Gasteiger partial charge < -0.3 is 9.47 Å². The molecule has 7 heavy (non-hydrogen) atoms. The van der Waals surface area contributed by atoms with Gasteiger partial charge >= 0.3 is 0 Å². The minimum Gasteiger partial charge on any atom is -0.354 e. The van der Waals surface area contributed by atoms with Gasteiger partial charge in [-0.3, -0.25) is 5.32 Å². The van der Waals surface area contributed by atoms with Crippen molar-refractivity contribution in [3.63, 3.8) is 0 Å². The molecule has 3 nitrogen and oxygen atoms in total. The maximum atomic E-state index is 4.84. The molecular formula is C4H8NO2. The zero-order valence-electron chi connectivity index (χ0n) is 4.18. The molecular weight excluding hydrogens is 94.0 g/mol. The molecule has 1 aliphatic heterocycles. The second kappa shape index (κ2) is 2.26. The van der Waals surface area contributed by atoms with Crippen LogP contribution < -0.4 is 5.32 Å². The van der Waals surface area contributed by atoms with Crippen molar-refractivity contribution in [2.45, 2.75) is 6.29 Å². The van der Waals surface area contributed by atoms with E-state index in [2.05, 4.69) is 5.32 Å². The lowest BCUT2D eigenvalue weighted by Crippen LogP contribution is -2.14. The van der Waals surface area contributed by atoms with E-state index in [0.29, 0.717) is 0 Å². The molecule has 0 aromatic rings. The molecule has 1 N–H and O–H groups in total. The third kappa shape index (κ3) is 1.12. The first kappa shape index (κ1) is 5.03. The smallest absolute Gasteiger partial charge is 0.171 e. The van der Waals surface area contributed by atoms with Crippen LogP contribution in [0.4, 0.5) is 0 Å². The Hall–Kier alpha value is -0.120. The predicted octanol–water partition coefficient (Wildman–Crippen LogP) is -0.302. The Labute approximate surface area is 42.6 Å². The molecule has 0 spiro atoms. The van der Waals surface area contributed by atoms with Crippen molar-refractivity contribution in [3.8, 4) is 0 Å². The minimum absolute atomic E-state index is 0.0694. The molecule has 0 aromatic heterocycles. The van der Waals surface area contributed by atoms with Crippen LogP contribution in [0.5, 0.6) is 0 Å². The molecule has 0 saturated carbocycles. The molecule has 1 aliphatic rings. The fraction of sp³-hybridized carbons (Fsp3) is 0.750. The summed E-state index contributed by atoms with van der Waals surface area (Å²) in [5, 5.41) is 2.85. The quantitative estimate of drug-likeness (QED) is 0.493. The standard InChI is InChI=1S/C4H8NO2/c1-6-4-2-5-3-7-4/h3-5H,2H2,1H3. The molecule has 0 aromatic carbocycles. The Bertz CT molecular complexity index is 51.7. The molecule has 3 heteroatoms. The Morgan fingerprint density at radius 1 is 2.00 bits per heavy atom. The van der Waals surface area contributed by atoms with Gasteiger partial charge in [0.2, 0.25) is 0 Å². The van der Waals surface area contributed by atoms with E-state index < -0.39 is 0 Å². The van der Waals surface area contributed by atoms with E-state index in [1.165, 1.54) is 6.73 Å². The topological polar surface area (TPSA) is 30.5 Å². The van der Waals surface area contributed by atoms with E-state index in [-0.39, 0.29) is 6.29 Å². The van der Waals surface area contributed by atoms with Crippen LogP contribution in [0.25, 0.3) is 0 Å². The van der Waals surface area contributed by atoms with Crippen LogP contribution in [0.15, 0.2) is 0 Å². The first-order valence-corrected chi connectivity index (χ1v) is 2.17. The Morgan fingerprint density at radius 3 is 3.14 bits per heavy atom. The van der Waals surface area contributed by atoms with Crippen molar-refractivity contribution < 1.29 is 9.47 Å². The van der Waals surface area contributed by atoms with E-state index in [4.69, 9.17) is 9.47 Å². The zero-order valence-corrected chi connectivity index (χ0v) is 4.18. The average molecular weight is 102 g/mol. The van der Waals surface area contributed by atoms with Crippen molar-refractivity contribution in [3.05, 3.63) is 6.73 Å². The summed E-state index contributed by atoms with van der Waals surface area (Å²) in [6, 6.07) is 0. The van der Waals surface area contributed by atoms with Crippen LogP contribution in [-0.2, 0) is 9.47 Å². The van der Waals surface area contributed by atoms with E-state index >= 15 is 0 Å². The molecule has 1 saturated heterocycles. The van der Waals surface area contributed by atoms with Crippen LogP contribution in [-0.4, -0.2) is 19.9 Å². The second-order valence-electron chi connectivity index (χ2n) is 1.33. The third-order valence-electron chi connectivity index (χ3n) is 0.851. The number of ether oxygens (including phenoxy) is 2. The highest BCUT2D eigenvalue weighted by Crippen LogP contribution is 1.98. The van der Waals surface area contributed by atoms with Crippen molar-refractivity contribution in [1.82, 2.24) is 5.32 Å². The third-order valence-corrected chi connectivity index (χ3v) is 0.851. The summed E-state index contributed by atoms with van der Waals surface area (Å²) >= 11 is 0. The summed E-state index contributed by atoms with van der Waals surface area (Å²) in [4.78, 5) is 0. The number of rotatable bonds is 1. The first-order chi connectivity index (χ1) is 3.43. The summed E-state index contributed by atoms with van der Waals surface area (Å²) in [6.07, 6.45) is -0.0694. The van der Waals surface area contributed by atoms with Crippen LogP contribution in [0.3, 0.4) is 0 Å². The van der Waals surface area contributed by atoms with Gasteiger partial charge in [-0.1, -0.05) is 0 Å². The van der Waals surface area contributed by atoms with Gasteiger partial charge in [-0.2, -0.15) is 0 Å². The Balaban J connectivity index is 2.14. The molecule has 0 bridgehead atoms. The number of methoxy groups -OCH3 is 1. The second-order valence-corrected chi connectivity index (χ2v) is 1.33. The van der Waals surface area contributed by atoms with Gasteiger partial charge in [0, 0.05) is 13.7 Å². The van der Waals surface area contributed by atoms with E-state index in [1.54, 1.807) is 7.11 Å². The van der Waals surface area contributed by atoms with Crippen molar-refractivity contribution in [2.24, 2.45) is 0 Å². The lowest BCUT2D eigenvalue weighted by atomic mass is 10.7. The zero-order chi connectivity index (χ0) is 5.11. The minimum atomic E-state index is -0.0694. The SMILES string of the molecule is COC1CN[CH]O1. The number of nitrogens with one attached hydrogen (secondary N) is 1. The molecule has 1 fully saturated rings. The highest BCUT2D eigenvalue weighted by Gasteiger charge is 2.12. The molecule has 41 valence electrons. The first-order valence-electron chi connectivity index (χ1n) is 2.17. The molecule has 0 amide bonds. The lowest BCUT2D eigenvalue weighted by Gasteiger charge is -2.01. The van der Waals surface area contributed by atoms with Gasteiger partial charge in [0.15, 0.2) is 13.0 Å². The average Bonchev–Trinajstić information content (AvgIpc) is 2.14. The Kier molecular flexibility index (Phi) is 1.62. The van der Waals surface area contributed by atoms with E-state index in [0.717, 1.165) is 6.54 Å². The molecule has 1 rings (SSSR count). The van der Waals surface area contributed by atoms with Gasteiger partial charge in [0.25, 0.3) is 0 Å². The maximum Gasteiger partial charge on any atom is 0.171 e. The number of hydrogen-bond acceptors (Lipinski definition) is 3. The van der Waals surface area contributed by atoms with E-state index in [9.17, 15) is 0 Å². The summed E-state index contributed by atoms with van der Waals surface area (Å²) in [5.74, 6) is 0. The van der Waals surface area contributed by atoms with Crippen LogP contribution in [0.1, 0.15) is 0 Å². The molecule has 1 unspecified atom stereocenters. The van der Waals surface area contributed by atoms with Crippen molar-refractivity contribution in [1.29, 1.82) is 0 Å². The highest BCUT2D eigenvalue weighted by molar-refractivity contribution is 4.62. The normalized spacial score (nSPS) is 31.3. The monoisotopic (exact) mass is 102 g/mol. The lowest BCUT2D eigenvalue weighted by molar-refractivity contribution is -0.0632. The fourth-order valence-corrected chi connectivity index (χ4v) is 0.455. The summed E-state index contributed by atoms with van der Waals surface area (Å²) in [7, 11) is 1.62. The fourth-order valence-electron chi connectivity index (χ4n) is 0.455. The van der Waals surface area contributed by atoms with Crippen LogP contribution >= 0.6 is 0 Å². The summed E-state index contributed by atoms with van der Waals surface area (Å²) in [5.41, 5.74) is 0. The van der Waals surface area contributed by atoms with Gasteiger partial charge in [0.05, 0.1) is 0 Å². The molecule has 1 heterocycles.